The van der Waals surface area contributed by atoms with Crippen LogP contribution in [0.3, 0.4) is 0 Å². The summed E-state index contributed by atoms with van der Waals surface area (Å²) in [7, 11) is -3.34. The first-order valence-electron chi connectivity index (χ1n) is 7.68. The highest BCUT2D eigenvalue weighted by molar-refractivity contribution is 7.88. The van der Waals surface area contributed by atoms with E-state index in [4.69, 9.17) is 16.3 Å². The number of hydrogen-bond acceptors (Lipinski definition) is 5. The maximum atomic E-state index is 12.5. The summed E-state index contributed by atoms with van der Waals surface area (Å²) >= 11 is 5.83. The number of piperidine rings is 1. The maximum absolute atomic E-state index is 12.5. The second-order valence-corrected chi connectivity index (χ2v) is 8.05. The molecule has 2 aromatic rings. The average Bonchev–Trinajstić information content (AvgIpc) is 2.58. The molecule has 2 heterocycles. The van der Waals surface area contributed by atoms with Crippen molar-refractivity contribution in [3.8, 4) is 5.88 Å². The second kappa shape index (κ2) is 7.46. The molecule has 0 bridgehead atoms. The zero-order valence-corrected chi connectivity index (χ0v) is 14.6. The van der Waals surface area contributed by atoms with Gasteiger partial charge in [0.2, 0.25) is 15.9 Å². The van der Waals surface area contributed by atoms with Gasteiger partial charge in [-0.2, -0.15) is 0 Å². The van der Waals surface area contributed by atoms with E-state index in [0.29, 0.717) is 36.8 Å². The molecule has 1 aromatic heterocycles. The first-order chi connectivity index (χ1) is 11.5. The predicted octanol–water partition coefficient (Wildman–Crippen LogP) is 2.50. The summed E-state index contributed by atoms with van der Waals surface area (Å²) in [5, 5.41) is 0.596. The maximum Gasteiger partial charge on any atom is 0.218 e. The van der Waals surface area contributed by atoms with Crippen LogP contribution in [0.4, 0.5) is 0 Å². The van der Waals surface area contributed by atoms with E-state index >= 15 is 0 Å². The molecule has 24 heavy (non-hydrogen) atoms. The Morgan fingerprint density at radius 3 is 2.50 bits per heavy atom. The van der Waals surface area contributed by atoms with Gasteiger partial charge in [0.15, 0.2) is 0 Å². The zero-order valence-electron chi connectivity index (χ0n) is 13.0. The van der Waals surface area contributed by atoms with Gasteiger partial charge >= 0.3 is 0 Å². The Balaban J connectivity index is 1.56. The number of halogens is 1. The van der Waals surface area contributed by atoms with Gasteiger partial charge in [-0.3, -0.25) is 0 Å². The molecule has 6 nitrogen and oxygen atoms in total. The number of aromatic nitrogens is 2. The summed E-state index contributed by atoms with van der Waals surface area (Å²) in [5.41, 5.74) is 0.735. The van der Waals surface area contributed by atoms with Crippen molar-refractivity contribution in [2.24, 2.45) is 0 Å². The molecular formula is C16H18ClN3O3S. The normalized spacial score (nSPS) is 16.9. The van der Waals surface area contributed by atoms with Crippen LogP contribution < -0.4 is 4.74 Å². The fourth-order valence-corrected chi connectivity index (χ4v) is 4.32. The van der Waals surface area contributed by atoms with E-state index in [1.807, 2.05) is 0 Å². The van der Waals surface area contributed by atoms with E-state index in [-0.39, 0.29) is 11.9 Å². The smallest absolute Gasteiger partial charge is 0.218 e. The summed E-state index contributed by atoms with van der Waals surface area (Å²) in [6, 6.07) is 8.59. The summed E-state index contributed by atoms with van der Waals surface area (Å²) in [5.74, 6) is 0.509. The van der Waals surface area contributed by atoms with Crippen LogP contribution in [-0.4, -0.2) is 41.9 Å². The van der Waals surface area contributed by atoms with Crippen molar-refractivity contribution in [1.82, 2.24) is 14.3 Å². The van der Waals surface area contributed by atoms with E-state index in [1.54, 1.807) is 36.5 Å². The van der Waals surface area contributed by atoms with Crippen molar-refractivity contribution in [3.05, 3.63) is 53.4 Å². The summed E-state index contributed by atoms with van der Waals surface area (Å²) in [6.45, 7) is 0.900. The van der Waals surface area contributed by atoms with Gasteiger partial charge in [0.05, 0.1) is 5.75 Å². The lowest BCUT2D eigenvalue weighted by Gasteiger charge is -2.31. The number of sulfonamides is 1. The predicted molar refractivity (Wildman–Crippen MR) is 91.3 cm³/mol. The fourth-order valence-electron chi connectivity index (χ4n) is 2.63. The van der Waals surface area contributed by atoms with Gasteiger partial charge in [-0.15, -0.1) is 0 Å². The highest BCUT2D eigenvalue weighted by Gasteiger charge is 2.29. The molecule has 0 amide bonds. The molecule has 1 fully saturated rings. The van der Waals surface area contributed by atoms with Gasteiger partial charge in [-0.1, -0.05) is 23.7 Å². The molecule has 0 radical (unpaired) electrons. The Morgan fingerprint density at radius 1 is 1.17 bits per heavy atom. The average molecular weight is 368 g/mol. The number of benzene rings is 1. The number of hydrogen-bond donors (Lipinski definition) is 0. The fraction of sp³-hybridized carbons (Fsp3) is 0.375. The minimum atomic E-state index is -3.34. The van der Waals surface area contributed by atoms with Crippen molar-refractivity contribution in [2.45, 2.75) is 24.7 Å². The molecule has 1 aliphatic rings. The molecule has 0 spiro atoms. The standard InChI is InChI=1S/C16H18ClN3O3S/c17-14-3-1-13(2-4-14)11-24(21,22)20-9-6-15(7-10-20)23-16-5-8-18-12-19-16/h1-5,8,12,15H,6-7,9-11H2. The molecule has 1 aliphatic heterocycles. The highest BCUT2D eigenvalue weighted by atomic mass is 35.5. The van der Waals surface area contributed by atoms with E-state index in [9.17, 15) is 8.42 Å². The lowest BCUT2D eigenvalue weighted by Crippen LogP contribution is -2.42. The highest BCUT2D eigenvalue weighted by Crippen LogP contribution is 2.21. The molecule has 0 unspecified atom stereocenters. The Kier molecular flexibility index (Phi) is 5.33. The van der Waals surface area contributed by atoms with Crippen molar-refractivity contribution >= 4 is 21.6 Å². The number of rotatable bonds is 5. The molecule has 0 aliphatic carbocycles. The van der Waals surface area contributed by atoms with Crippen LogP contribution in [0.1, 0.15) is 18.4 Å². The molecule has 8 heteroatoms. The van der Waals surface area contributed by atoms with Gasteiger partial charge in [0, 0.05) is 30.4 Å². The van der Waals surface area contributed by atoms with Gasteiger partial charge in [0.1, 0.15) is 12.4 Å². The summed E-state index contributed by atoms with van der Waals surface area (Å²) in [4.78, 5) is 7.87. The lowest BCUT2D eigenvalue weighted by atomic mass is 10.1. The third kappa shape index (κ3) is 4.43. The molecule has 128 valence electrons. The summed E-state index contributed by atoms with van der Waals surface area (Å²) < 4.78 is 32.4. The van der Waals surface area contributed by atoms with Crippen LogP contribution >= 0.6 is 11.6 Å². The van der Waals surface area contributed by atoms with Crippen molar-refractivity contribution in [1.29, 1.82) is 0 Å². The monoisotopic (exact) mass is 367 g/mol. The molecule has 0 atom stereocenters. The quantitative estimate of drug-likeness (QED) is 0.811. The van der Waals surface area contributed by atoms with Crippen molar-refractivity contribution in [2.75, 3.05) is 13.1 Å². The van der Waals surface area contributed by atoms with Crippen LogP contribution in [0.2, 0.25) is 5.02 Å². The Bertz CT molecular complexity index is 761. The van der Waals surface area contributed by atoms with Crippen LogP contribution in [0.5, 0.6) is 5.88 Å². The zero-order chi connectivity index (χ0) is 17.0. The first-order valence-corrected chi connectivity index (χ1v) is 9.66. The molecule has 0 saturated carbocycles. The van der Waals surface area contributed by atoms with E-state index in [0.717, 1.165) is 5.56 Å². The largest absolute Gasteiger partial charge is 0.474 e. The van der Waals surface area contributed by atoms with E-state index < -0.39 is 10.0 Å². The Morgan fingerprint density at radius 2 is 1.88 bits per heavy atom. The van der Waals surface area contributed by atoms with Gasteiger partial charge < -0.3 is 4.74 Å². The molecule has 1 saturated heterocycles. The van der Waals surface area contributed by atoms with E-state index in [1.165, 1.54) is 10.6 Å². The SMILES string of the molecule is O=S(=O)(Cc1ccc(Cl)cc1)N1CCC(Oc2ccncn2)CC1. The van der Waals surface area contributed by atoms with Crippen LogP contribution in [0.25, 0.3) is 0 Å². The third-order valence-electron chi connectivity index (χ3n) is 3.90. The molecular weight excluding hydrogens is 350 g/mol. The van der Waals surface area contributed by atoms with Gasteiger partial charge in [0.25, 0.3) is 0 Å². The Hall–Kier alpha value is -1.70. The minimum absolute atomic E-state index is 0.0123. The van der Waals surface area contributed by atoms with Crippen LogP contribution in [-0.2, 0) is 15.8 Å². The number of ether oxygens (including phenoxy) is 1. The molecule has 0 N–H and O–H groups in total. The van der Waals surface area contributed by atoms with Gasteiger partial charge in [-0.25, -0.2) is 22.7 Å². The molecule has 3 rings (SSSR count). The Labute approximate surface area is 146 Å². The van der Waals surface area contributed by atoms with E-state index in [2.05, 4.69) is 9.97 Å². The van der Waals surface area contributed by atoms with Crippen molar-refractivity contribution < 1.29 is 13.2 Å². The summed E-state index contributed by atoms with van der Waals surface area (Å²) in [6.07, 6.45) is 4.31. The van der Waals surface area contributed by atoms with Crippen LogP contribution in [0.15, 0.2) is 42.9 Å². The third-order valence-corrected chi connectivity index (χ3v) is 6.00. The lowest BCUT2D eigenvalue weighted by molar-refractivity contribution is 0.129. The van der Waals surface area contributed by atoms with Crippen LogP contribution in [0, 0.1) is 0 Å². The second-order valence-electron chi connectivity index (χ2n) is 5.65. The first kappa shape index (κ1) is 17.1. The van der Waals surface area contributed by atoms with Gasteiger partial charge in [-0.05, 0) is 30.5 Å². The molecule has 1 aromatic carbocycles. The topological polar surface area (TPSA) is 72.4 Å². The number of nitrogens with zero attached hydrogens (tertiary/aromatic N) is 3. The van der Waals surface area contributed by atoms with Crippen molar-refractivity contribution in [3.63, 3.8) is 0 Å². The minimum Gasteiger partial charge on any atom is -0.474 e.